The molecular weight excluding hydrogens is 318 g/mol. The average Bonchev–Trinajstić information content (AvgIpc) is 3.16. The normalized spacial score (nSPS) is 29.2. The number of furan rings is 1. The van der Waals surface area contributed by atoms with Gasteiger partial charge >= 0.3 is 6.09 Å². The number of hydrogen-bond donors (Lipinski definition) is 1. The molecule has 1 amide bonds. The second-order valence-corrected chi connectivity index (χ2v) is 8.49. The molecule has 25 heavy (non-hydrogen) atoms. The minimum Gasteiger partial charge on any atom is -0.458 e. The maximum absolute atomic E-state index is 12.3. The highest BCUT2D eigenvalue weighted by atomic mass is 16.6. The quantitative estimate of drug-likeness (QED) is 0.853. The van der Waals surface area contributed by atoms with Crippen molar-refractivity contribution < 1.29 is 19.1 Å². The summed E-state index contributed by atoms with van der Waals surface area (Å²) in [4.78, 5) is 14.0. The highest BCUT2D eigenvalue weighted by molar-refractivity contribution is 5.78. The summed E-state index contributed by atoms with van der Waals surface area (Å²) in [5.41, 5.74) is -0.614. The SMILES string of the molecule is CC(C)(C)OC(=O)N1CC2CC(O)(c3cc4ccccc4o3)CC2C1. The molecule has 0 bridgehead atoms. The highest BCUT2D eigenvalue weighted by Gasteiger charge is 2.51. The van der Waals surface area contributed by atoms with Gasteiger partial charge in [0.25, 0.3) is 0 Å². The second kappa shape index (κ2) is 5.49. The number of para-hydroxylation sites is 1. The van der Waals surface area contributed by atoms with Gasteiger partial charge in [-0.05, 0) is 57.6 Å². The molecule has 2 heterocycles. The first-order chi connectivity index (χ1) is 11.7. The van der Waals surface area contributed by atoms with E-state index in [1.54, 1.807) is 4.90 Å². The van der Waals surface area contributed by atoms with Gasteiger partial charge in [0.1, 0.15) is 22.5 Å². The summed E-state index contributed by atoms with van der Waals surface area (Å²) in [5.74, 6) is 1.21. The first kappa shape index (κ1) is 16.5. The van der Waals surface area contributed by atoms with E-state index in [9.17, 15) is 9.90 Å². The summed E-state index contributed by atoms with van der Waals surface area (Å²) in [6, 6.07) is 9.76. The Bertz CT molecular complexity index is 756. The zero-order chi connectivity index (χ0) is 17.8. The fourth-order valence-corrected chi connectivity index (χ4v) is 4.24. The van der Waals surface area contributed by atoms with Gasteiger partial charge in [-0.15, -0.1) is 0 Å². The van der Waals surface area contributed by atoms with Crippen molar-refractivity contribution in [3.05, 3.63) is 36.1 Å². The smallest absolute Gasteiger partial charge is 0.410 e. The third-order valence-electron chi connectivity index (χ3n) is 5.31. The fourth-order valence-electron chi connectivity index (χ4n) is 4.24. The van der Waals surface area contributed by atoms with Crippen LogP contribution < -0.4 is 0 Å². The number of hydrogen-bond acceptors (Lipinski definition) is 4. The van der Waals surface area contributed by atoms with Crippen LogP contribution in [0, 0.1) is 11.8 Å². The lowest BCUT2D eigenvalue weighted by Crippen LogP contribution is -2.37. The molecule has 2 unspecified atom stereocenters. The number of rotatable bonds is 1. The van der Waals surface area contributed by atoms with Crippen LogP contribution in [0.5, 0.6) is 0 Å². The number of amides is 1. The Balaban J connectivity index is 1.47. The molecule has 134 valence electrons. The van der Waals surface area contributed by atoms with E-state index < -0.39 is 11.2 Å². The summed E-state index contributed by atoms with van der Waals surface area (Å²) in [7, 11) is 0. The maximum atomic E-state index is 12.3. The number of fused-ring (bicyclic) bond motifs is 2. The standard InChI is InChI=1S/C20H25NO4/c1-19(2,3)25-18(22)21-11-14-9-20(23,10-15(14)12-21)17-8-13-6-4-5-7-16(13)24-17/h4-8,14-15,23H,9-12H2,1-3H3. The van der Waals surface area contributed by atoms with E-state index in [2.05, 4.69) is 0 Å². The van der Waals surface area contributed by atoms with E-state index in [1.807, 2.05) is 51.1 Å². The van der Waals surface area contributed by atoms with Gasteiger partial charge < -0.3 is 19.2 Å². The Morgan fingerprint density at radius 1 is 1.24 bits per heavy atom. The van der Waals surface area contributed by atoms with E-state index in [-0.39, 0.29) is 17.9 Å². The lowest BCUT2D eigenvalue weighted by Gasteiger charge is -2.27. The Morgan fingerprint density at radius 2 is 1.88 bits per heavy atom. The number of ether oxygens (including phenoxy) is 1. The Kier molecular flexibility index (Phi) is 3.62. The van der Waals surface area contributed by atoms with E-state index >= 15 is 0 Å². The minimum absolute atomic E-state index is 0.255. The lowest BCUT2D eigenvalue weighted by molar-refractivity contribution is 0.00468. The molecule has 1 aromatic carbocycles. The van der Waals surface area contributed by atoms with Crippen molar-refractivity contribution in [2.45, 2.75) is 44.8 Å². The average molecular weight is 343 g/mol. The van der Waals surface area contributed by atoms with Gasteiger partial charge in [-0.2, -0.15) is 0 Å². The van der Waals surface area contributed by atoms with E-state index in [1.165, 1.54) is 0 Å². The number of carbonyl (C=O) groups excluding carboxylic acids is 1. The van der Waals surface area contributed by atoms with E-state index in [0.29, 0.717) is 31.7 Å². The molecule has 1 aliphatic heterocycles. The zero-order valence-electron chi connectivity index (χ0n) is 15.0. The van der Waals surface area contributed by atoms with Crippen molar-refractivity contribution in [1.82, 2.24) is 4.90 Å². The predicted molar refractivity (Wildman–Crippen MR) is 94.1 cm³/mol. The number of likely N-dealkylation sites (tertiary alicyclic amines) is 1. The summed E-state index contributed by atoms with van der Waals surface area (Å²) < 4.78 is 11.4. The molecule has 1 aliphatic carbocycles. The van der Waals surface area contributed by atoms with Crippen LogP contribution in [-0.4, -0.2) is 34.8 Å². The molecule has 1 N–H and O–H groups in total. The first-order valence-corrected chi connectivity index (χ1v) is 8.93. The third-order valence-corrected chi connectivity index (χ3v) is 5.31. The van der Waals surface area contributed by atoms with Gasteiger partial charge in [-0.1, -0.05) is 18.2 Å². The molecule has 5 heteroatoms. The van der Waals surface area contributed by atoms with Crippen LogP contribution in [0.3, 0.4) is 0 Å². The van der Waals surface area contributed by atoms with Gasteiger partial charge in [-0.3, -0.25) is 0 Å². The van der Waals surface area contributed by atoms with Crippen molar-refractivity contribution in [1.29, 1.82) is 0 Å². The third kappa shape index (κ3) is 3.01. The van der Waals surface area contributed by atoms with Crippen LogP contribution in [0.1, 0.15) is 39.4 Å². The minimum atomic E-state index is -0.936. The molecule has 5 nitrogen and oxygen atoms in total. The molecule has 1 saturated carbocycles. The summed E-state index contributed by atoms with van der Waals surface area (Å²) in [6.07, 6.45) is 0.988. The number of benzene rings is 1. The van der Waals surface area contributed by atoms with Crippen molar-refractivity contribution >= 4 is 17.1 Å². The van der Waals surface area contributed by atoms with Gasteiger partial charge in [0.2, 0.25) is 0 Å². The van der Waals surface area contributed by atoms with Crippen LogP contribution >= 0.6 is 0 Å². The fraction of sp³-hybridized carbons (Fsp3) is 0.550. The largest absolute Gasteiger partial charge is 0.458 e. The maximum Gasteiger partial charge on any atom is 0.410 e. The van der Waals surface area contributed by atoms with Gasteiger partial charge in [-0.25, -0.2) is 4.79 Å². The lowest BCUT2D eigenvalue weighted by atomic mass is 9.96. The Morgan fingerprint density at radius 3 is 2.48 bits per heavy atom. The first-order valence-electron chi connectivity index (χ1n) is 8.93. The van der Waals surface area contributed by atoms with Gasteiger partial charge in [0, 0.05) is 18.5 Å². The second-order valence-electron chi connectivity index (χ2n) is 8.49. The molecule has 4 rings (SSSR count). The van der Waals surface area contributed by atoms with Crippen molar-refractivity contribution in [2.24, 2.45) is 11.8 Å². The molecule has 2 atom stereocenters. The molecule has 1 aromatic heterocycles. The number of carbonyl (C=O) groups is 1. The molecule has 0 spiro atoms. The van der Waals surface area contributed by atoms with Gasteiger partial charge in [0.15, 0.2) is 0 Å². The topological polar surface area (TPSA) is 62.9 Å². The number of aliphatic hydroxyl groups is 1. The molecule has 2 aromatic rings. The zero-order valence-corrected chi connectivity index (χ0v) is 15.0. The monoisotopic (exact) mass is 343 g/mol. The molecule has 0 radical (unpaired) electrons. The van der Waals surface area contributed by atoms with Crippen molar-refractivity contribution in [3.63, 3.8) is 0 Å². The van der Waals surface area contributed by atoms with Crippen molar-refractivity contribution in [2.75, 3.05) is 13.1 Å². The van der Waals surface area contributed by atoms with Crippen molar-refractivity contribution in [3.8, 4) is 0 Å². The number of nitrogens with zero attached hydrogens (tertiary/aromatic N) is 1. The van der Waals surface area contributed by atoms with E-state index in [4.69, 9.17) is 9.15 Å². The Hall–Kier alpha value is -2.01. The molecule has 1 saturated heterocycles. The summed E-state index contributed by atoms with van der Waals surface area (Å²) in [5, 5.41) is 12.2. The predicted octanol–water partition coefficient (Wildman–Crippen LogP) is 3.90. The van der Waals surface area contributed by atoms with Crippen LogP contribution in [0.25, 0.3) is 11.0 Å². The highest BCUT2D eigenvalue weighted by Crippen LogP contribution is 2.50. The molecule has 2 fully saturated rings. The summed E-state index contributed by atoms with van der Waals surface area (Å²) >= 11 is 0. The van der Waals surface area contributed by atoms with Crippen LogP contribution in [0.2, 0.25) is 0 Å². The van der Waals surface area contributed by atoms with Crippen LogP contribution in [0.4, 0.5) is 4.79 Å². The summed E-state index contributed by atoms with van der Waals surface area (Å²) in [6.45, 7) is 6.91. The van der Waals surface area contributed by atoms with E-state index in [0.717, 1.165) is 11.0 Å². The Labute approximate surface area is 147 Å². The molecular formula is C20H25NO4. The molecule has 2 aliphatic rings. The van der Waals surface area contributed by atoms with Crippen LogP contribution in [-0.2, 0) is 10.3 Å². The van der Waals surface area contributed by atoms with Crippen LogP contribution in [0.15, 0.2) is 34.7 Å². The van der Waals surface area contributed by atoms with Gasteiger partial charge in [0.05, 0.1) is 0 Å².